The molecule has 7 nitrogen and oxygen atoms in total. The van der Waals surface area contributed by atoms with Crippen LogP contribution in [0.1, 0.15) is 79.7 Å². The van der Waals surface area contributed by atoms with Crippen molar-refractivity contribution in [3.05, 3.63) is 65.2 Å². The molecular formula is C25H32N4O3S. The third kappa shape index (κ3) is 8.65. The van der Waals surface area contributed by atoms with Gasteiger partial charge in [0.25, 0.3) is 11.8 Å². The lowest BCUT2D eigenvalue weighted by Crippen LogP contribution is -2.48. The van der Waals surface area contributed by atoms with Crippen molar-refractivity contribution in [1.29, 1.82) is 0 Å². The Morgan fingerprint density at radius 2 is 1.39 bits per heavy atom. The number of unbranched alkanes of at least 4 members (excludes halogenated alkanes) is 2. The molecule has 176 valence electrons. The Morgan fingerprint density at radius 3 is 1.97 bits per heavy atom. The molecule has 0 saturated carbocycles. The Morgan fingerprint density at radius 1 is 0.818 bits per heavy atom. The molecule has 0 fully saturated rings. The predicted molar refractivity (Wildman–Crippen MR) is 135 cm³/mol. The topological polar surface area (TPSA) is 99.3 Å². The second-order valence-corrected chi connectivity index (χ2v) is 9.18. The highest BCUT2D eigenvalue weighted by Gasteiger charge is 2.14. The van der Waals surface area contributed by atoms with Gasteiger partial charge in [-0.2, -0.15) is 0 Å². The minimum Gasteiger partial charge on any atom is -0.322 e. The SMILES string of the molecule is CCCCCC(=O)NC(=S)NNC(=O)c1ccc(NC(=O)c2ccc(C(C)(C)C)cc2)cc1. The molecule has 0 atom stereocenters. The van der Waals surface area contributed by atoms with E-state index in [0.717, 1.165) is 24.8 Å². The summed E-state index contributed by atoms with van der Waals surface area (Å²) in [7, 11) is 0. The Labute approximate surface area is 200 Å². The van der Waals surface area contributed by atoms with Crippen molar-refractivity contribution >= 4 is 40.7 Å². The fraction of sp³-hybridized carbons (Fsp3) is 0.360. The maximum atomic E-state index is 12.5. The van der Waals surface area contributed by atoms with Gasteiger partial charge in [0.1, 0.15) is 0 Å². The van der Waals surface area contributed by atoms with E-state index in [2.05, 4.69) is 49.2 Å². The van der Waals surface area contributed by atoms with E-state index in [1.54, 1.807) is 36.4 Å². The molecule has 33 heavy (non-hydrogen) atoms. The van der Waals surface area contributed by atoms with Gasteiger partial charge in [-0.05, 0) is 66.0 Å². The predicted octanol–water partition coefficient (Wildman–Crippen LogP) is 4.45. The Bertz CT molecular complexity index is 980. The van der Waals surface area contributed by atoms with Crippen molar-refractivity contribution in [2.75, 3.05) is 5.32 Å². The first-order valence-corrected chi connectivity index (χ1v) is 11.4. The van der Waals surface area contributed by atoms with Gasteiger partial charge < -0.3 is 10.6 Å². The van der Waals surface area contributed by atoms with Crippen LogP contribution in [0.15, 0.2) is 48.5 Å². The first kappa shape index (κ1) is 26.0. The fourth-order valence-corrected chi connectivity index (χ4v) is 3.14. The lowest BCUT2D eigenvalue weighted by Gasteiger charge is -2.19. The van der Waals surface area contributed by atoms with Crippen LogP contribution in [-0.4, -0.2) is 22.8 Å². The average Bonchev–Trinajstić information content (AvgIpc) is 2.77. The molecule has 0 spiro atoms. The van der Waals surface area contributed by atoms with Crippen LogP contribution >= 0.6 is 12.2 Å². The number of amides is 3. The van der Waals surface area contributed by atoms with Gasteiger partial charge in [0.05, 0.1) is 0 Å². The van der Waals surface area contributed by atoms with Crippen LogP contribution in [0.2, 0.25) is 0 Å². The first-order chi connectivity index (χ1) is 15.6. The minimum atomic E-state index is -0.423. The molecule has 2 rings (SSSR count). The molecule has 0 aliphatic rings. The smallest absolute Gasteiger partial charge is 0.269 e. The lowest BCUT2D eigenvalue weighted by molar-refractivity contribution is -0.119. The van der Waals surface area contributed by atoms with E-state index in [-0.39, 0.29) is 22.3 Å². The summed E-state index contributed by atoms with van der Waals surface area (Å²) < 4.78 is 0. The molecule has 2 aromatic rings. The number of hydrogen-bond donors (Lipinski definition) is 4. The summed E-state index contributed by atoms with van der Waals surface area (Å²) in [4.78, 5) is 36.5. The van der Waals surface area contributed by atoms with Crippen LogP contribution in [0.5, 0.6) is 0 Å². The second kappa shape index (κ2) is 12.1. The van der Waals surface area contributed by atoms with Crippen LogP contribution in [0.4, 0.5) is 5.69 Å². The van der Waals surface area contributed by atoms with Gasteiger partial charge in [-0.15, -0.1) is 0 Å². The summed E-state index contributed by atoms with van der Waals surface area (Å²) in [5.41, 5.74) is 7.62. The van der Waals surface area contributed by atoms with Crippen molar-refractivity contribution in [2.45, 2.75) is 58.8 Å². The molecule has 0 aromatic heterocycles. The summed E-state index contributed by atoms with van der Waals surface area (Å²) in [5, 5.41) is 5.38. The summed E-state index contributed by atoms with van der Waals surface area (Å²) >= 11 is 5.02. The number of hydrogen-bond acceptors (Lipinski definition) is 4. The zero-order valence-corrected chi connectivity index (χ0v) is 20.4. The maximum Gasteiger partial charge on any atom is 0.269 e. The van der Waals surface area contributed by atoms with Crippen molar-refractivity contribution in [3.63, 3.8) is 0 Å². The van der Waals surface area contributed by atoms with E-state index in [9.17, 15) is 14.4 Å². The van der Waals surface area contributed by atoms with Crippen molar-refractivity contribution in [2.24, 2.45) is 0 Å². The molecule has 0 aliphatic heterocycles. The van der Waals surface area contributed by atoms with Crippen molar-refractivity contribution < 1.29 is 14.4 Å². The number of anilines is 1. The zero-order valence-electron chi connectivity index (χ0n) is 19.6. The zero-order chi connectivity index (χ0) is 24.4. The molecular weight excluding hydrogens is 436 g/mol. The molecule has 0 radical (unpaired) electrons. The van der Waals surface area contributed by atoms with Crippen molar-refractivity contribution in [3.8, 4) is 0 Å². The van der Waals surface area contributed by atoms with E-state index in [1.807, 2.05) is 12.1 Å². The minimum absolute atomic E-state index is 0.0181. The van der Waals surface area contributed by atoms with Crippen LogP contribution in [0.3, 0.4) is 0 Å². The third-order valence-corrected chi connectivity index (χ3v) is 5.17. The molecule has 0 bridgehead atoms. The third-order valence-electron chi connectivity index (χ3n) is 4.97. The van der Waals surface area contributed by atoms with Gasteiger partial charge in [0.15, 0.2) is 5.11 Å². The first-order valence-electron chi connectivity index (χ1n) is 11.0. The van der Waals surface area contributed by atoms with Crippen molar-refractivity contribution in [1.82, 2.24) is 16.2 Å². The number of nitrogens with one attached hydrogen (secondary N) is 4. The number of rotatable bonds is 7. The number of carbonyl (C=O) groups excluding carboxylic acids is 3. The van der Waals surface area contributed by atoms with Gasteiger partial charge in [-0.25, -0.2) is 0 Å². The Balaban J connectivity index is 1.84. The van der Waals surface area contributed by atoms with E-state index >= 15 is 0 Å². The number of thiocarbonyl (C=S) groups is 1. The van der Waals surface area contributed by atoms with Crippen LogP contribution in [-0.2, 0) is 10.2 Å². The second-order valence-electron chi connectivity index (χ2n) is 8.77. The highest BCUT2D eigenvalue weighted by atomic mass is 32.1. The molecule has 2 aromatic carbocycles. The van der Waals surface area contributed by atoms with E-state index in [4.69, 9.17) is 12.2 Å². The fourth-order valence-electron chi connectivity index (χ4n) is 2.97. The maximum absolute atomic E-state index is 12.5. The Kier molecular flexibility index (Phi) is 9.54. The molecule has 3 amide bonds. The van der Waals surface area contributed by atoms with E-state index in [0.29, 0.717) is 23.2 Å². The standard InChI is InChI=1S/C25H32N4O3S/c1-5-6-7-8-21(30)27-24(33)29-28-23(32)18-11-15-20(16-12-18)26-22(31)17-9-13-19(14-10-17)25(2,3)4/h9-16H,5-8H2,1-4H3,(H,26,31)(H,28,32)(H2,27,29,30,33). The molecule has 0 saturated heterocycles. The van der Waals surface area contributed by atoms with Gasteiger partial charge in [0, 0.05) is 23.2 Å². The number of benzene rings is 2. The molecule has 0 heterocycles. The van der Waals surface area contributed by atoms with Gasteiger partial charge in [0.2, 0.25) is 5.91 Å². The van der Waals surface area contributed by atoms with Gasteiger partial charge >= 0.3 is 0 Å². The average molecular weight is 469 g/mol. The highest BCUT2D eigenvalue weighted by Crippen LogP contribution is 2.22. The monoisotopic (exact) mass is 468 g/mol. The summed E-state index contributed by atoms with van der Waals surface area (Å²) in [6.45, 7) is 8.42. The number of carbonyl (C=O) groups is 3. The molecule has 0 aliphatic carbocycles. The molecule has 8 heteroatoms. The lowest BCUT2D eigenvalue weighted by atomic mass is 9.87. The van der Waals surface area contributed by atoms with Crippen LogP contribution in [0, 0.1) is 0 Å². The largest absolute Gasteiger partial charge is 0.322 e. The van der Waals surface area contributed by atoms with Crippen LogP contribution in [0.25, 0.3) is 0 Å². The Hall–Kier alpha value is -3.26. The summed E-state index contributed by atoms with van der Waals surface area (Å²) in [6, 6.07) is 14.0. The molecule has 0 unspecified atom stereocenters. The van der Waals surface area contributed by atoms with Crippen LogP contribution < -0.4 is 21.5 Å². The van der Waals surface area contributed by atoms with Gasteiger partial charge in [-0.1, -0.05) is 52.7 Å². The number of hydrazine groups is 1. The van der Waals surface area contributed by atoms with Gasteiger partial charge in [-0.3, -0.25) is 25.2 Å². The highest BCUT2D eigenvalue weighted by molar-refractivity contribution is 7.80. The van der Waals surface area contributed by atoms with E-state index in [1.165, 1.54) is 0 Å². The summed E-state index contributed by atoms with van der Waals surface area (Å²) in [5.74, 6) is -0.842. The summed E-state index contributed by atoms with van der Waals surface area (Å²) in [6.07, 6.45) is 3.18. The van der Waals surface area contributed by atoms with E-state index < -0.39 is 5.91 Å². The molecule has 4 N–H and O–H groups in total. The normalized spacial score (nSPS) is 10.8. The quantitative estimate of drug-likeness (QED) is 0.273.